The Morgan fingerprint density at radius 1 is 0.567 bits per heavy atom. The molecular formula is C25H25N3S2. The van der Waals surface area contributed by atoms with E-state index in [1.165, 1.54) is 32.5 Å². The molecule has 0 aliphatic heterocycles. The van der Waals surface area contributed by atoms with Gasteiger partial charge in [0.2, 0.25) is 0 Å². The summed E-state index contributed by atoms with van der Waals surface area (Å²) in [5.74, 6) is 0.447. The first-order chi connectivity index (χ1) is 14.6. The van der Waals surface area contributed by atoms with Crippen molar-refractivity contribution in [3.05, 3.63) is 116 Å². The van der Waals surface area contributed by atoms with Crippen molar-refractivity contribution in [1.82, 2.24) is 13.7 Å². The fraction of sp³-hybridized carbons (Fsp3) is 0.200. The van der Waals surface area contributed by atoms with Crippen molar-refractivity contribution in [1.29, 1.82) is 0 Å². The van der Waals surface area contributed by atoms with Crippen molar-refractivity contribution in [2.45, 2.75) is 11.8 Å². The average Bonchev–Trinajstić information content (AvgIpc) is 3.54. The van der Waals surface area contributed by atoms with Crippen LogP contribution in [0.3, 0.4) is 0 Å². The Hall–Kier alpha value is -2.76. The van der Waals surface area contributed by atoms with Crippen molar-refractivity contribution in [2.24, 2.45) is 21.1 Å². The van der Waals surface area contributed by atoms with Gasteiger partial charge in [0.25, 0.3) is 0 Å². The Balaban J connectivity index is 1.67. The predicted octanol–water partition coefficient (Wildman–Crippen LogP) is 6.19. The van der Waals surface area contributed by atoms with Crippen molar-refractivity contribution in [2.75, 3.05) is 0 Å². The fourth-order valence-corrected chi connectivity index (χ4v) is 6.17. The third kappa shape index (κ3) is 3.18. The van der Waals surface area contributed by atoms with Crippen LogP contribution in [0.15, 0.2) is 83.8 Å². The normalized spacial score (nSPS) is 13.6. The van der Waals surface area contributed by atoms with Crippen LogP contribution in [0.4, 0.5) is 0 Å². The van der Waals surface area contributed by atoms with E-state index in [0.29, 0.717) is 0 Å². The lowest BCUT2D eigenvalue weighted by atomic mass is 9.99. The van der Waals surface area contributed by atoms with Crippen molar-refractivity contribution in [3.8, 4) is 0 Å². The highest BCUT2D eigenvalue weighted by atomic mass is 32.1. The van der Waals surface area contributed by atoms with E-state index in [9.17, 15) is 0 Å². The molecule has 0 radical (unpaired) electrons. The van der Waals surface area contributed by atoms with E-state index in [-0.39, 0.29) is 11.8 Å². The molecular weight excluding hydrogens is 406 g/mol. The second-order valence-corrected chi connectivity index (χ2v) is 9.69. The number of hydrogen-bond acceptors (Lipinski definition) is 2. The lowest BCUT2D eigenvalue weighted by molar-refractivity contribution is 0.694. The van der Waals surface area contributed by atoms with E-state index in [0.717, 1.165) is 0 Å². The SMILES string of the molecule is Cn1cccc1C(c1cccs1)c1ccc(C(c2cccs2)c2cccn2C)n1C. The second-order valence-electron chi connectivity index (χ2n) is 7.73. The third-order valence-corrected chi connectivity index (χ3v) is 7.88. The van der Waals surface area contributed by atoms with Crippen LogP contribution in [0, 0.1) is 0 Å². The average molecular weight is 432 g/mol. The summed E-state index contributed by atoms with van der Waals surface area (Å²) in [5, 5.41) is 4.35. The Labute approximate surface area is 185 Å². The molecule has 0 saturated heterocycles. The molecule has 5 heteroatoms. The number of aryl methyl sites for hydroxylation is 2. The zero-order valence-corrected chi connectivity index (χ0v) is 19.0. The first-order valence-electron chi connectivity index (χ1n) is 10.1. The molecule has 152 valence electrons. The molecule has 5 aromatic rings. The molecule has 2 unspecified atom stereocenters. The molecule has 3 nitrogen and oxygen atoms in total. The molecule has 0 bridgehead atoms. The molecule has 2 atom stereocenters. The molecule has 0 aliphatic carbocycles. The summed E-state index contributed by atoms with van der Waals surface area (Å²) in [6, 6.07) is 22.2. The van der Waals surface area contributed by atoms with Gasteiger partial charge in [0.05, 0.1) is 11.8 Å². The van der Waals surface area contributed by atoms with Gasteiger partial charge >= 0.3 is 0 Å². The Morgan fingerprint density at radius 2 is 1.03 bits per heavy atom. The van der Waals surface area contributed by atoms with Crippen LogP contribution in [0.1, 0.15) is 44.4 Å². The zero-order chi connectivity index (χ0) is 20.7. The van der Waals surface area contributed by atoms with Gasteiger partial charge in [-0.2, -0.15) is 0 Å². The van der Waals surface area contributed by atoms with Crippen LogP contribution < -0.4 is 0 Å². The van der Waals surface area contributed by atoms with E-state index in [2.05, 4.69) is 119 Å². The lowest BCUT2D eigenvalue weighted by Gasteiger charge is -2.22. The van der Waals surface area contributed by atoms with Gasteiger partial charge in [-0.1, -0.05) is 12.1 Å². The van der Waals surface area contributed by atoms with Gasteiger partial charge < -0.3 is 13.7 Å². The zero-order valence-electron chi connectivity index (χ0n) is 17.4. The Morgan fingerprint density at radius 3 is 1.37 bits per heavy atom. The summed E-state index contributed by atoms with van der Waals surface area (Å²) in [5.41, 5.74) is 5.28. The summed E-state index contributed by atoms with van der Waals surface area (Å²) < 4.78 is 6.89. The van der Waals surface area contributed by atoms with Crippen molar-refractivity contribution in [3.63, 3.8) is 0 Å². The maximum atomic E-state index is 2.41. The molecule has 0 amide bonds. The molecule has 0 saturated carbocycles. The van der Waals surface area contributed by atoms with Crippen molar-refractivity contribution >= 4 is 22.7 Å². The van der Waals surface area contributed by atoms with Gasteiger partial charge in [-0.15, -0.1) is 22.7 Å². The monoisotopic (exact) mass is 431 g/mol. The maximum Gasteiger partial charge on any atom is 0.0738 e. The summed E-state index contributed by atoms with van der Waals surface area (Å²) in [4.78, 5) is 2.74. The van der Waals surface area contributed by atoms with E-state index < -0.39 is 0 Å². The second kappa shape index (κ2) is 7.82. The van der Waals surface area contributed by atoms with E-state index in [1.807, 2.05) is 22.7 Å². The molecule has 0 aromatic carbocycles. The topological polar surface area (TPSA) is 14.8 Å². The summed E-state index contributed by atoms with van der Waals surface area (Å²) in [7, 11) is 6.49. The van der Waals surface area contributed by atoms with Crippen molar-refractivity contribution < 1.29 is 0 Å². The molecule has 30 heavy (non-hydrogen) atoms. The number of aromatic nitrogens is 3. The van der Waals surface area contributed by atoms with Crippen LogP contribution in [0.2, 0.25) is 0 Å². The molecule has 0 spiro atoms. The number of thiophene rings is 2. The highest BCUT2D eigenvalue weighted by molar-refractivity contribution is 7.10. The standard InChI is InChI=1S/C25H25N3S2/c1-26-14-4-8-18(26)24(22-10-6-16-29-22)20-12-13-21(28(20)3)25(23-11-7-17-30-23)19-9-5-15-27(19)2/h4-17,24-25H,1-3H3. The van der Waals surface area contributed by atoms with Gasteiger partial charge in [0.1, 0.15) is 0 Å². The van der Waals surface area contributed by atoms with Gasteiger partial charge in [0.15, 0.2) is 0 Å². The maximum absolute atomic E-state index is 2.41. The van der Waals surface area contributed by atoms with E-state index in [4.69, 9.17) is 0 Å². The minimum absolute atomic E-state index is 0.223. The first kappa shape index (κ1) is 19.2. The summed E-state index contributed by atoms with van der Waals surface area (Å²) in [6.07, 6.45) is 4.27. The Kier molecular flexibility index (Phi) is 5.01. The number of rotatable bonds is 6. The fourth-order valence-electron chi connectivity index (χ4n) is 4.47. The smallest absolute Gasteiger partial charge is 0.0738 e. The van der Waals surface area contributed by atoms with Crippen LogP contribution >= 0.6 is 22.7 Å². The third-order valence-electron chi connectivity index (χ3n) is 6.01. The van der Waals surface area contributed by atoms with Gasteiger partial charge in [-0.05, 0) is 59.3 Å². The lowest BCUT2D eigenvalue weighted by Crippen LogP contribution is -2.15. The Bertz CT molecular complexity index is 1140. The predicted molar refractivity (Wildman–Crippen MR) is 127 cm³/mol. The molecule has 0 aliphatic rings. The van der Waals surface area contributed by atoms with Crippen LogP contribution in [-0.4, -0.2) is 13.7 Å². The largest absolute Gasteiger partial charge is 0.354 e. The molecule has 5 heterocycles. The number of hydrogen-bond donors (Lipinski definition) is 0. The minimum atomic E-state index is 0.223. The molecule has 5 aromatic heterocycles. The van der Waals surface area contributed by atoms with Crippen LogP contribution in [0.5, 0.6) is 0 Å². The minimum Gasteiger partial charge on any atom is -0.354 e. The molecule has 0 N–H and O–H groups in total. The van der Waals surface area contributed by atoms with Crippen LogP contribution in [-0.2, 0) is 21.1 Å². The van der Waals surface area contributed by atoms with Crippen LogP contribution in [0.25, 0.3) is 0 Å². The summed E-state index contributed by atoms with van der Waals surface area (Å²) >= 11 is 3.66. The van der Waals surface area contributed by atoms with E-state index >= 15 is 0 Å². The summed E-state index contributed by atoms with van der Waals surface area (Å²) in [6.45, 7) is 0. The molecule has 5 rings (SSSR count). The first-order valence-corrected chi connectivity index (χ1v) is 11.9. The quantitative estimate of drug-likeness (QED) is 0.305. The van der Waals surface area contributed by atoms with Gasteiger partial charge in [-0.3, -0.25) is 0 Å². The molecule has 0 fully saturated rings. The highest BCUT2D eigenvalue weighted by Gasteiger charge is 2.28. The van der Waals surface area contributed by atoms with Gasteiger partial charge in [0, 0.05) is 66.1 Å². The van der Waals surface area contributed by atoms with Gasteiger partial charge in [-0.25, -0.2) is 0 Å². The van der Waals surface area contributed by atoms with E-state index in [1.54, 1.807) is 0 Å². The number of nitrogens with zero attached hydrogens (tertiary/aromatic N) is 3. The highest BCUT2D eigenvalue weighted by Crippen LogP contribution is 2.40.